The van der Waals surface area contributed by atoms with Crippen LogP contribution in [0.15, 0.2) is 29.6 Å². The first-order valence-electron chi connectivity index (χ1n) is 11.0. The minimum absolute atomic E-state index is 0.0391. The Morgan fingerprint density at radius 1 is 1.12 bits per heavy atom. The van der Waals surface area contributed by atoms with E-state index >= 15 is 0 Å². The molecule has 0 radical (unpaired) electrons. The molecule has 32 heavy (non-hydrogen) atoms. The molecule has 0 bridgehead atoms. The van der Waals surface area contributed by atoms with Crippen molar-refractivity contribution in [2.45, 2.75) is 57.9 Å². The van der Waals surface area contributed by atoms with Gasteiger partial charge in [0.05, 0.1) is 12.1 Å². The van der Waals surface area contributed by atoms with Crippen LogP contribution in [0.1, 0.15) is 61.5 Å². The zero-order chi connectivity index (χ0) is 22.9. The predicted molar refractivity (Wildman–Crippen MR) is 127 cm³/mol. The summed E-state index contributed by atoms with van der Waals surface area (Å²) in [4.78, 5) is 43.4. The second kappa shape index (κ2) is 12.0. The van der Waals surface area contributed by atoms with Gasteiger partial charge in [0, 0.05) is 28.6 Å². The molecule has 1 aliphatic rings. The maximum absolute atomic E-state index is 12.8. The van der Waals surface area contributed by atoms with Crippen LogP contribution < -0.4 is 10.6 Å². The topological polar surface area (TPSA) is 91.4 Å². The summed E-state index contributed by atoms with van der Waals surface area (Å²) in [5, 5.41) is 8.57. The number of nitrogens with zero attached hydrogens (tertiary/aromatic N) is 2. The number of anilines is 1. The highest BCUT2D eigenvalue weighted by molar-refractivity contribution is 7.13. The van der Waals surface area contributed by atoms with Crippen LogP contribution in [0.5, 0.6) is 0 Å². The molecular formula is C23H29ClN4O3S. The fourth-order valence-corrected chi connectivity index (χ4v) is 4.62. The van der Waals surface area contributed by atoms with Gasteiger partial charge in [-0.15, -0.1) is 11.3 Å². The molecule has 0 spiro atoms. The first-order valence-corrected chi connectivity index (χ1v) is 12.3. The summed E-state index contributed by atoms with van der Waals surface area (Å²) in [6, 6.07) is 6.87. The van der Waals surface area contributed by atoms with Gasteiger partial charge >= 0.3 is 0 Å². The Hall–Kier alpha value is -2.45. The zero-order valence-corrected chi connectivity index (χ0v) is 19.8. The monoisotopic (exact) mass is 476 g/mol. The Balaban J connectivity index is 1.51. The fraction of sp³-hybridized carbons (Fsp3) is 0.478. The van der Waals surface area contributed by atoms with Crippen LogP contribution in [0.2, 0.25) is 5.02 Å². The average Bonchev–Trinajstić information content (AvgIpc) is 3.20. The third-order valence-electron chi connectivity index (χ3n) is 5.32. The quantitative estimate of drug-likeness (QED) is 0.565. The maximum Gasteiger partial charge on any atom is 0.254 e. The molecule has 0 saturated heterocycles. The first kappa shape index (κ1) is 24.2. The molecule has 0 aliphatic heterocycles. The van der Waals surface area contributed by atoms with Crippen LogP contribution in [-0.4, -0.2) is 46.7 Å². The molecule has 3 rings (SSSR count). The number of hydrogen-bond donors (Lipinski definition) is 2. The van der Waals surface area contributed by atoms with Crippen LogP contribution >= 0.6 is 22.9 Å². The van der Waals surface area contributed by atoms with E-state index in [9.17, 15) is 14.4 Å². The van der Waals surface area contributed by atoms with Crippen molar-refractivity contribution in [1.82, 2.24) is 15.2 Å². The van der Waals surface area contributed by atoms with Crippen molar-refractivity contribution in [3.8, 4) is 0 Å². The normalized spacial score (nSPS) is 14.1. The van der Waals surface area contributed by atoms with E-state index in [-0.39, 0.29) is 36.7 Å². The summed E-state index contributed by atoms with van der Waals surface area (Å²) in [7, 11) is 0. The van der Waals surface area contributed by atoms with Gasteiger partial charge in [0.25, 0.3) is 5.91 Å². The standard InChI is InChI=1S/C23H29ClN4O3S/c1-2-12-28(22(31)16-8-10-17(24)11-9-16)14-21(30)27-23-26-19(15-32-23)13-20(29)25-18-6-4-3-5-7-18/h8-11,15,18H,2-7,12-14H2,1H3,(H,25,29)(H,26,27,30). The molecule has 2 N–H and O–H groups in total. The summed E-state index contributed by atoms with van der Waals surface area (Å²) in [6.07, 6.45) is 6.55. The highest BCUT2D eigenvalue weighted by atomic mass is 35.5. The summed E-state index contributed by atoms with van der Waals surface area (Å²) < 4.78 is 0. The van der Waals surface area contributed by atoms with Crippen LogP contribution in [0.25, 0.3) is 0 Å². The molecule has 9 heteroatoms. The summed E-state index contributed by atoms with van der Waals surface area (Å²) in [5.74, 6) is -0.589. The molecule has 1 aromatic carbocycles. The number of amides is 3. The van der Waals surface area contributed by atoms with Crippen LogP contribution in [-0.2, 0) is 16.0 Å². The van der Waals surface area contributed by atoms with E-state index in [0.717, 1.165) is 32.1 Å². The van der Waals surface area contributed by atoms with Crippen molar-refractivity contribution < 1.29 is 14.4 Å². The van der Waals surface area contributed by atoms with Gasteiger partial charge in [0.1, 0.15) is 6.54 Å². The number of rotatable bonds is 9. The van der Waals surface area contributed by atoms with Crippen molar-refractivity contribution in [1.29, 1.82) is 0 Å². The van der Waals surface area contributed by atoms with E-state index < -0.39 is 0 Å². The number of carbonyl (C=O) groups excluding carboxylic acids is 3. The minimum Gasteiger partial charge on any atom is -0.353 e. The lowest BCUT2D eigenvalue weighted by molar-refractivity contribution is -0.121. The number of thiazole rings is 1. The Kier molecular flexibility index (Phi) is 9.05. The van der Waals surface area contributed by atoms with Crippen LogP contribution in [0.4, 0.5) is 5.13 Å². The molecule has 3 amide bonds. The molecule has 1 heterocycles. The predicted octanol–water partition coefficient (Wildman–Crippen LogP) is 4.28. The molecule has 1 saturated carbocycles. The van der Waals surface area contributed by atoms with Gasteiger partial charge in [-0.3, -0.25) is 14.4 Å². The Labute approximate surface area is 197 Å². The first-order chi connectivity index (χ1) is 15.4. The minimum atomic E-state index is -0.326. The van der Waals surface area contributed by atoms with Gasteiger partial charge < -0.3 is 15.5 Å². The van der Waals surface area contributed by atoms with Crippen molar-refractivity contribution in [2.75, 3.05) is 18.4 Å². The fourth-order valence-electron chi connectivity index (χ4n) is 3.77. The van der Waals surface area contributed by atoms with E-state index in [2.05, 4.69) is 15.6 Å². The Morgan fingerprint density at radius 2 is 1.84 bits per heavy atom. The summed E-state index contributed by atoms with van der Waals surface area (Å²) in [5.41, 5.74) is 1.11. The summed E-state index contributed by atoms with van der Waals surface area (Å²) >= 11 is 7.17. The average molecular weight is 477 g/mol. The Bertz CT molecular complexity index is 926. The molecule has 0 unspecified atom stereocenters. The van der Waals surface area contributed by atoms with Gasteiger partial charge in [-0.25, -0.2) is 4.98 Å². The van der Waals surface area contributed by atoms with E-state index in [1.165, 1.54) is 22.7 Å². The largest absolute Gasteiger partial charge is 0.353 e. The van der Waals surface area contributed by atoms with Crippen LogP contribution in [0, 0.1) is 0 Å². The van der Waals surface area contributed by atoms with E-state index in [1.54, 1.807) is 29.6 Å². The van der Waals surface area contributed by atoms with Gasteiger partial charge in [-0.05, 0) is 43.5 Å². The molecule has 172 valence electrons. The van der Waals surface area contributed by atoms with E-state index in [1.807, 2.05) is 6.92 Å². The molecule has 1 fully saturated rings. The number of halogens is 1. The third kappa shape index (κ3) is 7.31. The lowest BCUT2D eigenvalue weighted by Gasteiger charge is -2.22. The molecule has 7 nitrogen and oxygen atoms in total. The van der Waals surface area contributed by atoms with Gasteiger partial charge in [-0.2, -0.15) is 0 Å². The number of aromatic nitrogens is 1. The number of benzene rings is 1. The zero-order valence-electron chi connectivity index (χ0n) is 18.2. The Morgan fingerprint density at radius 3 is 2.53 bits per heavy atom. The van der Waals surface area contributed by atoms with Crippen LogP contribution in [0.3, 0.4) is 0 Å². The second-order valence-electron chi connectivity index (χ2n) is 8.00. The number of carbonyl (C=O) groups is 3. The van der Waals surface area contributed by atoms with E-state index in [4.69, 9.17) is 11.6 Å². The SMILES string of the molecule is CCCN(CC(=O)Nc1nc(CC(=O)NC2CCCCC2)cs1)C(=O)c1ccc(Cl)cc1. The van der Waals surface area contributed by atoms with Crippen molar-refractivity contribution in [2.24, 2.45) is 0 Å². The third-order valence-corrected chi connectivity index (χ3v) is 6.37. The van der Waals surface area contributed by atoms with Crippen molar-refractivity contribution in [3.63, 3.8) is 0 Å². The molecule has 1 aliphatic carbocycles. The van der Waals surface area contributed by atoms with E-state index in [0.29, 0.717) is 28.0 Å². The highest BCUT2D eigenvalue weighted by Gasteiger charge is 2.20. The second-order valence-corrected chi connectivity index (χ2v) is 9.30. The lowest BCUT2D eigenvalue weighted by atomic mass is 9.95. The maximum atomic E-state index is 12.8. The van der Waals surface area contributed by atoms with Gasteiger partial charge in [0.2, 0.25) is 11.8 Å². The lowest BCUT2D eigenvalue weighted by Crippen LogP contribution is -2.38. The molecule has 0 atom stereocenters. The number of hydrogen-bond acceptors (Lipinski definition) is 5. The summed E-state index contributed by atoms with van der Waals surface area (Å²) in [6.45, 7) is 2.33. The molecule has 1 aromatic heterocycles. The molecule has 2 aromatic rings. The number of nitrogens with one attached hydrogen (secondary N) is 2. The smallest absolute Gasteiger partial charge is 0.254 e. The van der Waals surface area contributed by atoms with Crippen molar-refractivity contribution in [3.05, 3.63) is 45.9 Å². The van der Waals surface area contributed by atoms with Crippen molar-refractivity contribution >= 4 is 45.8 Å². The van der Waals surface area contributed by atoms with Gasteiger partial charge in [-0.1, -0.05) is 37.8 Å². The highest BCUT2D eigenvalue weighted by Crippen LogP contribution is 2.19. The van der Waals surface area contributed by atoms with Gasteiger partial charge in [0.15, 0.2) is 5.13 Å². The molecular weight excluding hydrogens is 448 g/mol.